The van der Waals surface area contributed by atoms with Crippen molar-refractivity contribution in [2.24, 2.45) is 0 Å². The summed E-state index contributed by atoms with van der Waals surface area (Å²) in [4.78, 5) is 12.8. The van der Waals surface area contributed by atoms with Crippen LogP contribution in [-0.4, -0.2) is 15.7 Å². The Bertz CT molecular complexity index is 1110. The van der Waals surface area contributed by atoms with Gasteiger partial charge in [-0.3, -0.25) is 4.79 Å². The first kappa shape index (κ1) is 17.1. The van der Waals surface area contributed by atoms with Gasteiger partial charge in [0.15, 0.2) is 5.76 Å². The number of nitrogens with one attached hydrogen (secondary N) is 1. The predicted molar refractivity (Wildman–Crippen MR) is 101 cm³/mol. The number of aromatic nitrogens is 2. The third-order valence-corrected chi connectivity index (χ3v) is 4.24. The number of carbonyl (C=O) groups is 1. The minimum absolute atomic E-state index is 0.0777. The molecule has 0 aliphatic carbocycles. The SMILES string of the molecule is O=C(Nc1ccccc1F)c1cc(-c2ccco2)nn1-c1ccccc1Cl. The zero-order chi connectivity index (χ0) is 18.8. The molecule has 27 heavy (non-hydrogen) atoms. The Hall–Kier alpha value is -3.38. The summed E-state index contributed by atoms with van der Waals surface area (Å²) in [5.74, 6) is -0.549. The molecule has 0 fully saturated rings. The first-order valence-electron chi connectivity index (χ1n) is 8.08. The van der Waals surface area contributed by atoms with E-state index >= 15 is 0 Å². The van der Waals surface area contributed by atoms with E-state index in [4.69, 9.17) is 16.0 Å². The molecule has 7 heteroatoms. The van der Waals surface area contributed by atoms with Gasteiger partial charge in [0.2, 0.25) is 0 Å². The third-order valence-electron chi connectivity index (χ3n) is 3.92. The fourth-order valence-electron chi connectivity index (χ4n) is 2.64. The van der Waals surface area contributed by atoms with Crippen LogP contribution in [0.5, 0.6) is 0 Å². The van der Waals surface area contributed by atoms with Gasteiger partial charge in [0.05, 0.1) is 22.7 Å². The quantitative estimate of drug-likeness (QED) is 0.530. The maximum Gasteiger partial charge on any atom is 0.274 e. The van der Waals surface area contributed by atoms with Crippen molar-refractivity contribution < 1.29 is 13.6 Å². The van der Waals surface area contributed by atoms with Crippen molar-refractivity contribution in [2.45, 2.75) is 0 Å². The molecular weight excluding hydrogens is 369 g/mol. The average molecular weight is 382 g/mol. The summed E-state index contributed by atoms with van der Waals surface area (Å²) in [5.41, 5.74) is 1.25. The van der Waals surface area contributed by atoms with Gasteiger partial charge in [-0.1, -0.05) is 35.9 Å². The van der Waals surface area contributed by atoms with Crippen LogP contribution in [0.2, 0.25) is 5.02 Å². The number of furan rings is 1. The van der Waals surface area contributed by atoms with E-state index in [0.717, 1.165) is 0 Å². The number of benzene rings is 2. The van der Waals surface area contributed by atoms with E-state index in [1.165, 1.54) is 23.1 Å². The van der Waals surface area contributed by atoms with Gasteiger partial charge in [0.1, 0.15) is 17.2 Å². The largest absolute Gasteiger partial charge is 0.463 e. The standard InChI is InChI=1S/C20H13ClFN3O2/c21-13-6-1-4-9-17(13)25-18(12-16(24-25)19-10-5-11-27-19)20(26)23-15-8-3-2-7-14(15)22/h1-12H,(H,23,26). The molecular formula is C20H13ClFN3O2. The number of nitrogens with zero attached hydrogens (tertiary/aromatic N) is 2. The lowest BCUT2D eigenvalue weighted by Crippen LogP contribution is -2.17. The molecule has 0 saturated carbocycles. The topological polar surface area (TPSA) is 60.1 Å². The summed E-state index contributed by atoms with van der Waals surface area (Å²) >= 11 is 6.28. The number of halogens is 2. The van der Waals surface area contributed by atoms with Gasteiger partial charge in [-0.15, -0.1) is 0 Å². The van der Waals surface area contributed by atoms with Crippen LogP contribution in [0, 0.1) is 5.82 Å². The molecule has 0 aliphatic heterocycles. The minimum atomic E-state index is -0.527. The lowest BCUT2D eigenvalue weighted by molar-refractivity contribution is 0.101. The molecule has 2 heterocycles. The van der Waals surface area contributed by atoms with E-state index in [1.54, 1.807) is 54.6 Å². The number of amides is 1. The highest BCUT2D eigenvalue weighted by Crippen LogP contribution is 2.26. The summed E-state index contributed by atoms with van der Waals surface area (Å²) in [7, 11) is 0. The molecule has 0 unspecified atom stereocenters. The molecule has 0 spiro atoms. The Labute approximate surface area is 159 Å². The lowest BCUT2D eigenvalue weighted by Gasteiger charge is -2.10. The molecule has 0 atom stereocenters. The van der Waals surface area contributed by atoms with Crippen LogP contribution >= 0.6 is 11.6 Å². The van der Waals surface area contributed by atoms with Crippen LogP contribution in [0.15, 0.2) is 77.4 Å². The maximum atomic E-state index is 13.9. The van der Waals surface area contributed by atoms with Crippen LogP contribution in [0.3, 0.4) is 0 Å². The van der Waals surface area contributed by atoms with Gasteiger partial charge in [-0.05, 0) is 36.4 Å². The molecule has 0 bridgehead atoms. The van der Waals surface area contributed by atoms with Gasteiger partial charge in [0.25, 0.3) is 5.91 Å². The van der Waals surface area contributed by atoms with Gasteiger partial charge in [-0.2, -0.15) is 5.10 Å². The molecule has 0 aliphatic rings. The van der Waals surface area contributed by atoms with Crippen molar-refractivity contribution in [2.75, 3.05) is 5.32 Å². The molecule has 1 amide bonds. The summed E-state index contributed by atoms with van der Waals surface area (Å²) in [5, 5.41) is 7.44. The molecule has 2 aromatic heterocycles. The van der Waals surface area contributed by atoms with Crippen molar-refractivity contribution in [1.82, 2.24) is 9.78 Å². The number of hydrogen-bond acceptors (Lipinski definition) is 3. The zero-order valence-corrected chi connectivity index (χ0v) is 14.7. The van der Waals surface area contributed by atoms with Crippen LogP contribution in [0.25, 0.3) is 17.1 Å². The summed E-state index contributed by atoms with van der Waals surface area (Å²) in [6.07, 6.45) is 1.52. The summed E-state index contributed by atoms with van der Waals surface area (Å²) in [6.45, 7) is 0. The van der Waals surface area contributed by atoms with Gasteiger partial charge in [0, 0.05) is 6.07 Å². The lowest BCUT2D eigenvalue weighted by atomic mass is 10.2. The van der Waals surface area contributed by atoms with Crippen LogP contribution < -0.4 is 5.32 Å². The van der Waals surface area contributed by atoms with Gasteiger partial charge >= 0.3 is 0 Å². The third kappa shape index (κ3) is 3.35. The van der Waals surface area contributed by atoms with Gasteiger partial charge < -0.3 is 9.73 Å². The highest BCUT2D eigenvalue weighted by Gasteiger charge is 2.20. The van der Waals surface area contributed by atoms with E-state index in [9.17, 15) is 9.18 Å². The Kier molecular flexibility index (Phi) is 4.48. The fourth-order valence-corrected chi connectivity index (χ4v) is 2.86. The monoisotopic (exact) mass is 381 g/mol. The van der Waals surface area contributed by atoms with E-state index in [-0.39, 0.29) is 11.4 Å². The van der Waals surface area contributed by atoms with Crippen molar-refractivity contribution in [3.63, 3.8) is 0 Å². The Morgan fingerprint density at radius 3 is 2.59 bits per heavy atom. The second-order valence-electron chi connectivity index (χ2n) is 5.69. The molecule has 4 rings (SSSR count). The van der Waals surface area contributed by atoms with E-state index < -0.39 is 11.7 Å². The molecule has 0 saturated heterocycles. The number of para-hydroxylation sites is 2. The summed E-state index contributed by atoms with van der Waals surface area (Å²) in [6, 6.07) is 18.0. The number of anilines is 1. The van der Waals surface area contributed by atoms with Crippen LogP contribution in [-0.2, 0) is 0 Å². The van der Waals surface area contributed by atoms with E-state index in [2.05, 4.69) is 10.4 Å². The Morgan fingerprint density at radius 1 is 1.07 bits per heavy atom. The molecule has 0 radical (unpaired) electrons. The maximum absolute atomic E-state index is 13.9. The Morgan fingerprint density at radius 2 is 1.85 bits per heavy atom. The van der Waals surface area contributed by atoms with Crippen molar-refractivity contribution in [1.29, 1.82) is 0 Å². The first-order chi connectivity index (χ1) is 13.1. The van der Waals surface area contributed by atoms with Crippen molar-refractivity contribution in [3.8, 4) is 17.1 Å². The fraction of sp³-hybridized carbons (Fsp3) is 0. The number of hydrogen-bond donors (Lipinski definition) is 1. The number of carbonyl (C=O) groups excluding carboxylic acids is 1. The highest BCUT2D eigenvalue weighted by molar-refractivity contribution is 6.32. The molecule has 5 nitrogen and oxygen atoms in total. The Balaban J connectivity index is 1.80. The van der Waals surface area contributed by atoms with Gasteiger partial charge in [-0.25, -0.2) is 9.07 Å². The zero-order valence-electron chi connectivity index (χ0n) is 13.9. The summed E-state index contributed by atoms with van der Waals surface area (Å²) < 4.78 is 20.7. The van der Waals surface area contributed by atoms with Crippen molar-refractivity contribution in [3.05, 3.63) is 89.5 Å². The predicted octanol–water partition coefficient (Wildman–Crippen LogP) is 5.18. The van der Waals surface area contributed by atoms with E-state index in [0.29, 0.717) is 22.2 Å². The molecule has 2 aromatic carbocycles. The van der Waals surface area contributed by atoms with E-state index in [1.807, 2.05) is 0 Å². The second kappa shape index (κ2) is 7.09. The van der Waals surface area contributed by atoms with Crippen molar-refractivity contribution >= 4 is 23.2 Å². The first-order valence-corrected chi connectivity index (χ1v) is 8.46. The second-order valence-corrected chi connectivity index (χ2v) is 6.10. The molecule has 1 N–H and O–H groups in total. The van der Waals surface area contributed by atoms with Crippen LogP contribution in [0.4, 0.5) is 10.1 Å². The molecule has 4 aromatic rings. The average Bonchev–Trinajstić information content (AvgIpc) is 3.33. The smallest absolute Gasteiger partial charge is 0.274 e. The highest BCUT2D eigenvalue weighted by atomic mass is 35.5. The normalized spacial score (nSPS) is 10.7. The minimum Gasteiger partial charge on any atom is -0.463 e. The molecule has 134 valence electrons. The van der Waals surface area contributed by atoms with Crippen LogP contribution in [0.1, 0.15) is 10.5 Å². The number of rotatable bonds is 4.